The van der Waals surface area contributed by atoms with Crippen LogP contribution in [0, 0.1) is 5.82 Å². The highest BCUT2D eigenvalue weighted by Gasteiger charge is 2.25. The Morgan fingerprint density at radius 2 is 1.81 bits per heavy atom. The maximum absolute atomic E-state index is 13.3. The van der Waals surface area contributed by atoms with Gasteiger partial charge in [-0.2, -0.15) is 10.2 Å². The molecule has 0 saturated heterocycles. The van der Waals surface area contributed by atoms with Crippen LogP contribution in [0.3, 0.4) is 0 Å². The Kier molecular flexibility index (Phi) is 5.03. The van der Waals surface area contributed by atoms with Crippen molar-refractivity contribution in [3.63, 3.8) is 0 Å². The lowest BCUT2D eigenvalue weighted by Gasteiger charge is -2.14. The molecule has 0 fully saturated rings. The zero-order valence-corrected chi connectivity index (χ0v) is 16.8. The third kappa shape index (κ3) is 3.96. The molecule has 1 amide bonds. The molecule has 0 spiro atoms. The van der Waals surface area contributed by atoms with Crippen LogP contribution in [0.4, 0.5) is 10.1 Å². The van der Waals surface area contributed by atoms with E-state index in [1.165, 1.54) is 18.5 Å². The monoisotopic (exact) mass is 416 g/mol. The van der Waals surface area contributed by atoms with E-state index in [0.717, 1.165) is 48.2 Å². The molecule has 156 valence electrons. The van der Waals surface area contributed by atoms with Crippen LogP contribution in [0.15, 0.2) is 61.2 Å². The third-order valence-corrected chi connectivity index (χ3v) is 5.49. The summed E-state index contributed by atoms with van der Waals surface area (Å²) in [5.41, 5.74) is 4.97. The number of anilines is 1. The van der Waals surface area contributed by atoms with Crippen molar-refractivity contribution in [3.05, 3.63) is 89.5 Å². The number of rotatable bonds is 5. The summed E-state index contributed by atoms with van der Waals surface area (Å²) in [5.74, 6) is -0.530. The minimum absolute atomic E-state index is 0.233. The second-order valence-corrected chi connectivity index (χ2v) is 7.61. The number of nitrogens with one attached hydrogen (secondary N) is 1. The summed E-state index contributed by atoms with van der Waals surface area (Å²) in [4.78, 5) is 17.0. The molecule has 0 bridgehead atoms. The molecule has 4 aromatic rings. The molecule has 1 N–H and O–H groups in total. The fourth-order valence-corrected chi connectivity index (χ4v) is 3.96. The number of carbonyl (C=O) groups is 1. The lowest BCUT2D eigenvalue weighted by Crippen LogP contribution is -2.15. The van der Waals surface area contributed by atoms with Crippen LogP contribution in [0.2, 0.25) is 0 Å². The van der Waals surface area contributed by atoms with Crippen molar-refractivity contribution >= 4 is 11.6 Å². The number of hydrogen-bond donors (Lipinski definition) is 1. The van der Waals surface area contributed by atoms with Gasteiger partial charge in [0.2, 0.25) is 0 Å². The zero-order valence-electron chi connectivity index (χ0n) is 16.8. The van der Waals surface area contributed by atoms with Crippen molar-refractivity contribution in [2.75, 3.05) is 5.32 Å². The second-order valence-electron chi connectivity index (χ2n) is 7.61. The fraction of sp³-hybridized carbons (Fsp3) is 0.217. The number of amides is 1. The Hall–Kier alpha value is -3.81. The predicted octanol–water partition coefficient (Wildman–Crippen LogP) is 3.78. The maximum Gasteiger partial charge on any atom is 0.276 e. The SMILES string of the molecule is O=C(Nc1ccc(Cn2cncn2)cc1)c1nn(-c2ccc(F)cc2)c2c1CCCC2. The summed E-state index contributed by atoms with van der Waals surface area (Å²) in [6.45, 7) is 0.615. The average molecular weight is 416 g/mol. The molecule has 2 heterocycles. The van der Waals surface area contributed by atoms with E-state index in [1.54, 1.807) is 27.8 Å². The van der Waals surface area contributed by atoms with Crippen LogP contribution >= 0.6 is 0 Å². The van der Waals surface area contributed by atoms with Gasteiger partial charge in [-0.1, -0.05) is 12.1 Å². The molecular weight excluding hydrogens is 395 g/mol. The van der Waals surface area contributed by atoms with Crippen LogP contribution in [0.1, 0.15) is 40.2 Å². The quantitative estimate of drug-likeness (QED) is 0.537. The van der Waals surface area contributed by atoms with Gasteiger partial charge in [0, 0.05) is 16.9 Å². The molecule has 8 heteroatoms. The number of carbonyl (C=O) groups excluding carboxylic acids is 1. The van der Waals surface area contributed by atoms with E-state index >= 15 is 0 Å². The minimum Gasteiger partial charge on any atom is -0.321 e. The number of nitrogens with zero attached hydrogens (tertiary/aromatic N) is 5. The van der Waals surface area contributed by atoms with E-state index in [2.05, 4.69) is 20.5 Å². The van der Waals surface area contributed by atoms with Gasteiger partial charge in [-0.3, -0.25) is 4.79 Å². The Balaban J connectivity index is 1.38. The van der Waals surface area contributed by atoms with Crippen molar-refractivity contribution < 1.29 is 9.18 Å². The summed E-state index contributed by atoms with van der Waals surface area (Å²) in [6.07, 6.45) is 6.91. The Morgan fingerprint density at radius 1 is 1.03 bits per heavy atom. The molecule has 2 aromatic heterocycles. The summed E-state index contributed by atoms with van der Waals surface area (Å²) >= 11 is 0. The normalized spacial score (nSPS) is 13.1. The van der Waals surface area contributed by atoms with Crippen molar-refractivity contribution in [1.29, 1.82) is 0 Å². The van der Waals surface area contributed by atoms with Crippen LogP contribution in [0.5, 0.6) is 0 Å². The first kappa shape index (κ1) is 19.2. The number of benzene rings is 2. The number of hydrogen-bond acceptors (Lipinski definition) is 4. The minimum atomic E-state index is -0.296. The van der Waals surface area contributed by atoms with E-state index in [1.807, 2.05) is 24.3 Å². The number of fused-ring (bicyclic) bond motifs is 1. The average Bonchev–Trinajstić information content (AvgIpc) is 3.44. The summed E-state index contributed by atoms with van der Waals surface area (Å²) in [7, 11) is 0. The molecule has 0 atom stereocenters. The highest BCUT2D eigenvalue weighted by molar-refractivity contribution is 6.04. The summed E-state index contributed by atoms with van der Waals surface area (Å²) < 4.78 is 16.9. The highest BCUT2D eigenvalue weighted by Crippen LogP contribution is 2.27. The maximum atomic E-state index is 13.3. The molecule has 31 heavy (non-hydrogen) atoms. The van der Waals surface area contributed by atoms with Gasteiger partial charge in [-0.25, -0.2) is 18.7 Å². The second kappa shape index (κ2) is 8.14. The third-order valence-electron chi connectivity index (χ3n) is 5.49. The van der Waals surface area contributed by atoms with Crippen molar-refractivity contribution in [1.82, 2.24) is 24.5 Å². The molecule has 5 rings (SSSR count). The lowest BCUT2D eigenvalue weighted by molar-refractivity contribution is 0.102. The fourth-order valence-electron chi connectivity index (χ4n) is 3.96. The van der Waals surface area contributed by atoms with Crippen LogP contribution in [-0.4, -0.2) is 30.5 Å². The standard InChI is InChI=1S/C23H21FN6O/c24-17-7-11-19(12-8-17)30-21-4-2-1-3-20(21)22(28-30)23(31)27-18-9-5-16(6-10-18)13-29-15-25-14-26-29/h5-12,14-15H,1-4,13H2,(H,27,31). The van der Waals surface area contributed by atoms with Crippen molar-refractivity contribution in [3.8, 4) is 5.69 Å². The molecule has 0 unspecified atom stereocenters. The molecule has 1 aliphatic carbocycles. The first-order chi connectivity index (χ1) is 15.2. The largest absolute Gasteiger partial charge is 0.321 e. The number of halogens is 1. The Morgan fingerprint density at radius 3 is 2.55 bits per heavy atom. The Labute approximate surface area is 178 Å². The van der Waals surface area contributed by atoms with E-state index in [-0.39, 0.29) is 11.7 Å². The smallest absolute Gasteiger partial charge is 0.276 e. The first-order valence-electron chi connectivity index (χ1n) is 10.3. The van der Waals surface area contributed by atoms with E-state index in [0.29, 0.717) is 17.9 Å². The van der Waals surface area contributed by atoms with E-state index in [4.69, 9.17) is 0 Å². The van der Waals surface area contributed by atoms with Gasteiger partial charge in [-0.15, -0.1) is 0 Å². The molecule has 0 radical (unpaired) electrons. The van der Waals surface area contributed by atoms with Gasteiger partial charge in [0.1, 0.15) is 18.5 Å². The van der Waals surface area contributed by atoms with Crippen LogP contribution in [0.25, 0.3) is 5.69 Å². The van der Waals surface area contributed by atoms with E-state index in [9.17, 15) is 9.18 Å². The molecular formula is C23H21FN6O. The molecule has 2 aromatic carbocycles. The van der Waals surface area contributed by atoms with Gasteiger partial charge >= 0.3 is 0 Å². The molecule has 0 aliphatic heterocycles. The van der Waals surface area contributed by atoms with Crippen molar-refractivity contribution in [2.45, 2.75) is 32.2 Å². The van der Waals surface area contributed by atoms with Gasteiger partial charge in [-0.05, 0) is 67.6 Å². The van der Waals surface area contributed by atoms with Gasteiger partial charge in [0.25, 0.3) is 5.91 Å². The predicted molar refractivity (Wildman–Crippen MR) is 114 cm³/mol. The van der Waals surface area contributed by atoms with Gasteiger partial charge in [0.15, 0.2) is 5.69 Å². The Bertz CT molecular complexity index is 1200. The van der Waals surface area contributed by atoms with Crippen LogP contribution in [-0.2, 0) is 19.4 Å². The van der Waals surface area contributed by atoms with E-state index < -0.39 is 0 Å². The first-order valence-corrected chi connectivity index (χ1v) is 10.3. The highest BCUT2D eigenvalue weighted by atomic mass is 19.1. The number of aromatic nitrogens is 5. The zero-order chi connectivity index (χ0) is 21.2. The molecule has 7 nitrogen and oxygen atoms in total. The molecule has 1 aliphatic rings. The van der Waals surface area contributed by atoms with Gasteiger partial charge < -0.3 is 5.32 Å². The van der Waals surface area contributed by atoms with Crippen LogP contribution < -0.4 is 5.32 Å². The summed E-state index contributed by atoms with van der Waals surface area (Å²) in [5, 5.41) is 11.7. The van der Waals surface area contributed by atoms with Crippen molar-refractivity contribution in [2.24, 2.45) is 0 Å². The van der Waals surface area contributed by atoms with Gasteiger partial charge in [0.05, 0.1) is 12.2 Å². The summed E-state index contributed by atoms with van der Waals surface area (Å²) in [6, 6.07) is 13.8. The molecule has 0 saturated carbocycles. The topological polar surface area (TPSA) is 77.6 Å². The lowest BCUT2D eigenvalue weighted by atomic mass is 9.95.